The van der Waals surface area contributed by atoms with Gasteiger partial charge in [-0.25, -0.2) is 0 Å². The number of fused-ring (bicyclic) bond motifs is 4. The second-order valence-corrected chi connectivity index (χ2v) is 9.13. The minimum absolute atomic E-state index is 0.0358. The molecule has 2 heteroatoms. The molecule has 2 aromatic carbocycles. The normalized spacial score (nSPS) is 24.8. The molecule has 0 spiro atoms. The van der Waals surface area contributed by atoms with E-state index in [-0.39, 0.29) is 5.41 Å². The van der Waals surface area contributed by atoms with Gasteiger partial charge in [0, 0.05) is 41.9 Å². The maximum absolute atomic E-state index is 2.64. The smallest absolute Gasteiger partial charge is 0.209 e. The molecular formula is C26H31N2+. The van der Waals surface area contributed by atoms with Crippen LogP contribution in [-0.4, -0.2) is 29.9 Å². The van der Waals surface area contributed by atoms with E-state index in [0.717, 1.165) is 18.5 Å². The van der Waals surface area contributed by atoms with Crippen molar-refractivity contribution in [1.29, 1.82) is 0 Å². The molecule has 5 rings (SSSR count). The van der Waals surface area contributed by atoms with Crippen molar-refractivity contribution in [2.45, 2.75) is 57.4 Å². The summed E-state index contributed by atoms with van der Waals surface area (Å²) in [6, 6.07) is 16.6. The van der Waals surface area contributed by atoms with Crippen molar-refractivity contribution in [2.75, 3.05) is 18.5 Å². The van der Waals surface area contributed by atoms with Crippen molar-refractivity contribution < 1.29 is 4.58 Å². The molecule has 2 nitrogen and oxygen atoms in total. The molecular weight excluding hydrogens is 340 g/mol. The number of para-hydroxylation sites is 1. The molecule has 0 bridgehead atoms. The summed E-state index contributed by atoms with van der Waals surface area (Å²) >= 11 is 0. The first kappa shape index (κ1) is 17.7. The monoisotopic (exact) mass is 371 g/mol. The summed E-state index contributed by atoms with van der Waals surface area (Å²) in [7, 11) is 2.19. The number of hydrogen-bond acceptors (Lipinski definition) is 1. The molecule has 0 saturated heterocycles. The van der Waals surface area contributed by atoms with E-state index in [1.807, 2.05) is 0 Å². The predicted octanol–water partition coefficient (Wildman–Crippen LogP) is 5.88. The lowest BCUT2D eigenvalue weighted by atomic mass is 9.81. The van der Waals surface area contributed by atoms with Crippen LogP contribution in [0.5, 0.6) is 0 Å². The quantitative estimate of drug-likeness (QED) is 0.611. The van der Waals surface area contributed by atoms with Crippen LogP contribution in [0.15, 0.2) is 48.5 Å². The van der Waals surface area contributed by atoms with Crippen molar-refractivity contribution >= 4 is 23.2 Å². The summed E-state index contributed by atoms with van der Waals surface area (Å²) in [6.45, 7) is 8.09. The highest BCUT2D eigenvalue weighted by molar-refractivity contribution is 6.05. The molecule has 1 fully saturated rings. The Morgan fingerprint density at radius 1 is 1.11 bits per heavy atom. The van der Waals surface area contributed by atoms with E-state index < -0.39 is 0 Å². The maximum atomic E-state index is 2.64. The molecule has 2 atom stereocenters. The van der Waals surface area contributed by atoms with Gasteiger partial charge in [0.1, 0.15) is 7.05 Å². The molecule has 1 saturated carbocycles. The molecule has 0 amide bonds. The van der Waals surface area contributed by atoms with Gasteiger partial charge in [0.25, 0.3) is 0 Å². The lowest BCUT2D eigenvalue weighted by Gasteiger charge is -2.25. The van der Waals surface area contributed by atoms with Gasteiger partial charge in [-0.3, -0.25) is 0 Å². The van der Waals surface area contributed by atoms with Crippen LogP contribution in [0.4, 0.5) is 11.4 Å². The standard InChI is InChI=1S/C26H31N2/c1-5-28-22-12-8-9-19(22)20-17-18(13-15-23(20)28)14-16-25-26(2,3)21-10-6-7-11-24(21)27(25)4/h6-7,10-11,13-17,19,22H,5,8-9,12H2,1-4H3/q+1. The molecule has 144 valence electrons. The zero-order valence-corrected chi connectivity index (χ0v) is 17.6. The topological polar surface area (TPSA) is 6.25 Å². The van der Waals surface area contributed by atoms with E-state index in [9.17, 15) is 0 Å². The number of hydrogen-bond donors (Lipinski definition) is 0. The summed E-state index contributed by atoms with van der Waals surface area (Å²) in [5.74, 6) is 0.741. The Labute approximate surface area is 169 Å². The first-order valence-electron chi connectivity index (χ1n) is 10.8. The SMILES string of the molecule is CCN1c2ccc(C=CC3=[N+](C)c4ccccc4C3(C)C)cc2C2CCCC21. The second kappa shape index (κ2) is 6.34. The fourth-order valence-electron chi connectivity index (χ4n) is 5.97. The van der Waals surface area contributed by atoms with Gasteiger partial charge < -0.3 is 4.90 Å². The van der Waals surface area contributed by atoms with Gasteiger partial charge in [0.15, 0.2) is 5.71 Å². The second-order valence-electron chi connectivity index (χ2n) is 9.13. The molecule has 2 heterocycles. The van der Waals surface area contributed by atoms with Gasteiger partial charge >= 0.3 is 0 Å². The fourth-order valence-corrected chi connectivity index (χ4v) is 5.97. The average molecular weight is 372 g/mol. The van der Waals surface area contributed by atoms with Crippen molar-refractivity contribution in [3.63, 3.8) is 0 Å². The molecule has 2 aromatic rings. The van der Waals surface area contributed by atoms with Crippen LogP contribution in [0.25, 0.3) is 6.08 Å². The minimum atomic E-state index is 0.0358. The predicted molar refractivity (Wildman–Crippen MR) is 119 cm³/mol. The number of nitrogens with zero attached hydrogens (tertiary/aromatic N) is 2. The van der Waals surface area contributed by atoms with Crippen molar-refractivity contribution in [1.82, 2.24) is 0 Å². The van der Waals surface area contributed by atoms with E-state index in [1.165, 1.54) is 47.5 Å². The highest BCUT2D eigenvalue weighted by atomic mass is 15.2. The van der Waals surface area contributed by atoms with Crippen LogP contribution in [-0.2, 0) is 5.41 Å². The Morgan fingerprint density at radius 3 is 2.71 bits per heavy atom. The molecule has 0 radical (unpaired) electrons. The number of allylic oxidation sites excluding steroid dienone is 1. The average Bonchev–Trinajstić information content (AvgIpc) is 3.33. The summed E-state index contributed by atoms with van der Waals surface area (Å²) in [5, 5.41) is 0. The summed E-state index contributed by atoms with van der Waals surface area (Å²) in [5.41, 5.74) is 8.53. The third-order valence-electron chi connectivity index (χ3n) is 7.36. The molecule has 0 aromatic heterocycles. The summed E-state index contributed by atoms with van der Waals surface area (Å²) in [4.78, 5) is 2.64. The number of rotatable bonds is 3. The number of benzene rings is 2. The minimum Gasteiger partial charge on any atom is -0.368 e. The molecule has 1 aliphatic carbocycles. The van der Waals surface area contributed by atoms with Gasteiger partial charge in [-0.2, -0.15) is 4.58 Å². The zero-order valence-electron chi connectivity index (χ0n) is 17.6. The molecule has 2 unspecified atom stereocenters. The molecule has 2 aliphatic heterocycles. The Balaban J connectivity index is 1.49. The van der Waals surface area contributed by atoms with Crippen LogP contribution >= 0.6 is 0 Å². The first-order valence-corrected chi connectivity index (χ1v) is 10.8. The van der Waals surface area contributed by atoms with Crippen molar-refractivity contribution in [2.24, 2.45) is 0 Å². The molecule has 0 N–H and O–H groups in total. The Bertz CT molecular complexity index is 995. The van der Waals surface area contributed by atoms with E-state index in [4.69, 9.17) is 0 Å². The first-order chi connectivity index (χ1) is 13.5. The van der Waals surface area contributed by atoms with Crippen molar-refractivity contribution in [3.8, 4) is 0 Å². The van der Waals surface area contributed by atoms with Gasteiger partial charge in [0.05, 0.1) is 5.41 Å². The number of likely N-dealkylation sites (N-methyl/N-ethyl adjacent to an activating group) is 1. The summed E-state index contributed by atoms with van der Waals surface area (Å²) in [6.07, 6.45) is 8.73. The lowest BCUT2D eigenvalue weighted by molar-refractivity contribution is -0.401. The van der Waals surface area contributed by atoms with Crippen LogP contribution in [0, 0.1) is 0 Å². The highest BCUT2D eigenvalue weighted by Crippen LogP contribution is 2.49. The van der Waals surface area contributed by atoms with E-state index in [1.54, 1.807) is 5.56 Å². The van der Waals surface area contributed by atoms with Gasteiger partial charge in [-0.05, 0) is 62.9 Å². The van der Waals surface area contributed by atoms with E-state index >= 15 is 0 Å². The third kappa shape index (κ3) is 2.43. The Hall–Kier alpha value is -2.35. The van der Waals surface area contributed by atoms with Gasteiger partial charge in [0.2, 0.25) is 5.69 Å². The highest BCUT2D eigenvalue weighted by Gasteiger charge is 2.43. The summed E-state index contributed by atoms with van der Waals surface area (Å²) < 4.78 is 2.35. The Morgan fingerprint density at radius 2 is 1.93 bits per heavy atom. The van der Waals surface area contributed by atoms with Gasteiger partial charge in [-0.15, -0.1) is 0 Å². The lowest BCUT2D eigenvalue weighted by Crippen LogP contribution is -2.30. The maximum Gasteiger partial charge on any atom is 0.209 e. The van der Waals surface area contributed by atoms with Crippen LogP contribution in [0.2, 0.25) is 0 Å². The largest absolute Gasteiger partial charge is 0.368 e. The molecule has 28 heavy (non-hydrogen) atoms. The van der Waals surface area contributed by atoms with Crippen LogP contribution < -0.4 is 4.90 Å². The van der Waals surface area contributed by atoms with E-state index in [0.29, 0.717) is 0 Å². The molecule has 3 aliphatic rings. The van der Waals surface area contributed by atoms with Crippen molar-refractivity contribution in [3.05, 3.63) is 65.2 Å². The van der Waals surface area contributed by atoms with Crippen LogP contribution in [0.3, 0.4) is 0 Å². The Kier molecular flexibility index (Phi) is 4.01. The third-order valence-corrected chi connectivity index (χ3v) is 7.36. The van der Waals surface area contributed by atoms with E-state index in [2.05, 4.69) is 91.9 Å². The van der Waals surface area contributed by atoms with Gasteiger partial charge in [-0.1, -0.05) is 30.7 Å². The van der Waals surface area contributed by atoms with Crippen LogP contribution in [0.1, 0.15) is 62.6 Å². The fraction of sp³-hybridized carbons (Fsp3) is 0.423. The number of anilines is 1. The zero-order chi connectivity index (χ0) is 19.5.